The van der Waals surface area contributed by atoms with Crippen molar-refractivity contribution in [3.05, 3.63) is 29.8 Å². The van der Waals surface area contributed by atoms with E-state index < -0.39 is 0 Å². The summed E-state index contributed by atoms with van der Waals surface area (Å²) in [7, 11) is 0. The number of hydrogen-bond donors (Lipinski definition) is 1. The van der Waals surface area contributed by atoms with Crippen molar-refractivity contribution < 1.29 is 5.11 Å². The smallest absolute Gasteiger partial charge is 0.119 e. The molecule has 1 saturated carbocycles. The first-order chi connectivity index (χ1) is 6.38. The Balaban J connectivity index is 2.18. The number of phenols is 1. The second-order valence-corrected chi connectivity index (χ2v) is 3.80. The summed E-state index contributed by atoms with van der Waals surface area (Å²) >= 11 is 0. The first kappa shape index (κ1) is 8.61. The van der Waals surface area contributed by atoms with Gasteiger partial charge in [0, 0.05) is 5.56 Å². The van der Waals surface area contributed by atoms with E-state index in [1.165, 1.54) is 32.1 Å². The molecule has 0 aromatic heterocycles. The Morgan fingerprint density at radius 1 is 1.23 bits per heavy atom. The summed E-state index contributed by atoms with van der Waals surface area (Å²) in [5, 5.41) is 9.63. The summed E-state index contributed by atoms with van der Waals surface area (Å²) < 4.78 is 0. The van der Waals surface area contributed by atoms with E-state index in [2.05, 4.69) is 6.07 Å². The third-order valence-corrected chi connectivity index (χ3v) is 2.88. The van der Waals surface area contributed by atoms with Crippen molar-refractivity contribution >= 4 is 0 Å². The molecule has 1 aliphatic rings. The highest BCUT2D eigenvalue weighted by atomic mass is 16.3. The highest BCUT2D eigenvalue weighted by molar-refractivity contribution is 5.33. The molecule has 1 aliphatic carbocycles. The van der Waals surface area contributed by atoms with Crippen LogP contribution in [0.1, 0.15) is 43.6 Å². The Bertz CT molecular complexity index is 274. The number of hydrogen-bond acceptors (Lipinski definition) is 1. The standard InChI is InChI=1S/C12H15O/c13-12-9-5-4-8-11(12)10-6-2-1-3-7-10/h4-5,9-10,13H,1-3,6-7H2. The lowest BCUT2D eigenvalue weighted by molar-refractivity contribution is 0.414. The van der Waals surface area contributed by atoms with Gasteiger partial charge in [0.1, 0.15) is 5.75 Å². The Kier molecular flexibility index (Phi) is 2.53. The van der Waals surface area contributed by atoms with Gasteiger partial charge in [0.25, 0.3) is 0 Å². The summed E-state index contributed by atoms with van der Waals surface area (Å²) in [4.78, 5) is 0. The fourth-order valence-electron chi connectivity index (χ4n) is 2.16. The molecule has 69 valence electrons. The minimum absolute atomic E-state index is 0.425. The molecule has 0 heterocycles. The zero-order valence-electron chi connectivity index (χ0n) is 7.79. The Morgan fingerprint density at radius 3 is 2.69 bits per heavy atom. The van der Waals surface area contributed by atoms with E-state index >= 15 is 0 Å². The molecule has 1 N–H and O–H groups in total. The average molecular weight is 175 g/mol. The molecule has 0 atom stereocenters. The molecule has 0 unspecified atom stereocenters. The second kappa shape index (κ2) is 3.82. The summed E-state index contributed by atoms with van der Waals surface area (Å²) in [6, 6.07) is 8.65. The molecule has 0 bridgehead atoms. The molecule has 0 spiro atoms. The maximum absolute atomic E-state index is 9.63. The lowest BCUT2D eigenvalue weighted by atomic mass is 9.84. The van der Waals surface area contributed by atoms with Gasteiger partial charge in [-0.15, -0.1) is 0 Å². The first-order valence-corrected chi connectivity index (χ1v) is 5.07. The number of rotatable bonds is 1. The van der Waals surface area contributed by atoms with Crippen LogP contribution >= 0.6 is 0 Å². The van der Waals surface area contributed by atoms with Gasteiger partial charge in [-0.1, -0.05) is 31.4 Å². The highest BCUT2D eigenvalue weighted by Crippen LogP contribution is 2.36. The first-order valence-electron chi connectivity index (χ1n) is 5.07. The lowest BCUT2D eigenvalue weighted by Crippen LogP contribution is -2.04. The molecule has 1 fully saturated rings. The molecule has 0 aliphatic heterocycles. The molecule has 1 radical (unpaired) electrons. The van der Waals surface area contributed by atoms with E-state index in [0.717, 1.165) is 5.56 Å². The van der Waals surface area contributed by atoms with Gasteiger partial charge in [-0.25, -0.2) is 0 Å². The summed E-state index contributed by atoms with van der Waals surface area (Å²) in [6.07, 6.45) is 6.38. The third-order valence-electron chi connectivity index (χ3n) is 2.88. The summed E-state index contributed by atoms with van der Waals surface area (Å²) in [5.74, 6) is 0.976. The van der Waals surface area contributed by atoms with Crippen LogP contribution in [0.2, 0.25) is 0 Å². The van der Waals surface area contributed by atoms with Gasteiger partial charge in [-0.2, -0.15) is 0 Å². The van der Waals surface area contributed by atoms with Crippen LogP contribution in [0.4, 0.5) is 0 Å². The van der Waals surface area contributed by atoms with Crippen molar-refractivity contribution in [2.24, 2.45) is 0 Å². The monoisotopic (exact) mass is 175 g/mol. The zero-order chi connectivity index (χ0) is 9.10. The lowest BCUT2D eigenvalue weighted by Gasteiger charge is -2.22. The topological polar surface area (TPSA) is 20.2 Å². The van der Waals surface area contributed by atoms with Crippen LogP contribution in [0, 0.1) is 6.07 Å². The van der Waals surface area contributed by atoms with Gasteiger partial charge < -0.3 is 5.11 Å². The fourth-order valence-corrected chi connectivity index (χ4v) is 2.16. The van der Waals surface area contributed by atoms with Gasteiger partial charge in [0.05, 0.1) is 0 Å². The van der Waals surface area contributed by atoms with Gasteiger partial charge >= 0.3 is 0 Å². The molecular weight excluding hydrogens is 160 g/mol. The maximum atomic E-state index is 9.63. The molecule has 1 aromatic rings. The van der Waals surface area contributed by atoms with Crippen molar-refractivity contribution in [1.82, 2.24) is 0 Å². The number of aromatic hydroxyl groups is 1. The maximum Gasteiger partial charge on any atom is 0.119 e. The molecule has 1 nitrogen and oxygen atoms in total. The van der Waals surface area contributed by atoms with E-state index in [9.17, 15) is 5.11 Å². The van der Waals surface area contributed by atoms with Gasteiger partial charge in [-0.3, -0.25) is 0 Å². The van der Waals surface area contributed by atoms with Gasteiger partial charge in [-0.05, 0) is 30.9 Å². The Hall–Kier alpha value is -0.980. The molecular formula is C12H15O. The number of benzene rings is 1. The van der Waals surface area contributed by atoms with E-state index in [0.29, 0.717) is 11.7 Å². The van der Waals surface area contributed by atoms with Crippen LogP contribution in [0.25, 0.3) is 0 Å². The highest BCUT2D eigenvalue weighted by Gasteiger charge is 2.17. The van der Waals surface area contributed by atoms with E-state index in [4.69, 9.17) is 0 Å². The number of phenolic OH excluding ortho intramolecular Hbond substituents is 1. The SMILES string of the molecule is Oc1ccc[c]c1C1CCCCC1. The molecule has 2 rings (SSSR count). The fraction of sp³-hybridized carbons (Fsp3) is 0.500. The quantitative estimate of drug-likeness (QED) is 0.694. The molecule has 13 heavy (non-hydrogen) atoms. The van der Waals surface area contributed by atoms with Crippen LogP contribution in [0.5, 0.6) is 5.75 Å². The minimum atomic E-state index is 0.425. The summed E-state index contributed by atoms with van der Waals surface area (Å²) in [5.41, 5.74) is 1.03. The van der Waals surface area contributed by atoms with Crippen LogP contribution in [-0.2, 0) is 0 Å². The van der Waals surface area contributed by atoms with Gasteiger partial charge in [0.15, 0.2) is 0 Å². The van der Waals surface area contributed by atoms with Crippen LogP contribution in [-0.4, -0.2) is 5.11 Å². The third kappa shape index (κ3) is 1.85. The zero-order valence-corrected chi connectivity index (χ0v) is 7.79. The second-order valence-electron chi connectivity index (χ2n) is 3.80. The Labute approximate surface area is 79.4 Å². The largest absolute Gasteiger partial charge is 0.508 e. The molecule has 0 saturated heterocycles. The van der Waals surface area contributed by atoms with Crippen molar-refractivity contribution in [1.29, 1.82) is 0 Å². The van der Waals surface area contributed by atoms with Gasteiger partial charge in [0.2, 0.25) is 0 Å². The molecule has 1 heteroatoms. The van der Waals surface area contributed by atoms with E-state index in [-0.39, 0.29) is 0 Å². The predicted molar refractivity (Wildman–Crippen MR) is 52.8 cm³/mol. The minimum Gasteiger partial charge on any atom is -0.508 e. The molecule has 0 amide bonds. The van der Waals surface area contributed by atoms with E-state index in [1.807, 2.05) is 12.1 Å². The van der Waals surface area contributed by atoms with E-state index in [1.54, 1.807) is 6.07 Å². The van der Waals surface area contributed by atoms with Crippen molar-refractivity contribution in [2.75, 3.05) is 0 Å². The Morgan fingerprint density at radius 2 is 2.00 bits per heavy atom. The van der Waals surface area contributed by atoms with Crippen molar-refractivity contribution in [3.63, 3.8) is 0 Å². The van der Waals surface area contributed by atoms with Crippen LogP contribution < -0.4 is 0 Å². The summed E-state index contributed by atoms with van der Waals surface area (Å²) in [6.45, 7) is 0. The van der Waals surface area contributed by atoms with Crippen LogP contribution in [0.3, 0.4) is 0 Å². The predicted octanol–water partition coefficient (Wildman–Crippen LogP) is 3.24. The van der Waals surface area contributed by atoms with Crippen molar-refractivity contribution in [3.8, 4) is 5.75 Å². The molecule has 1 aromatic carbocycles. The normalized spacial score (nSPS) is 18.8. The van der Waals surface area contributed by atoms with Crippen molar-refractivity contribution in [2.45, 2.75) is 38.0 Å². The van der Waals surface area contributed by atoms with Crippen LogP contribution in [0.15, 0.2) is 18.2 Å². The average Bonchev–Trinajstić information content (AvgIpc) is 2.20.